The Labute approximate surface area is 311 Å². The quantitative estimate of drug-likeness (QED) is 0.180. The number of aromatic nitrogens is 4. The largest absolute Gasteiger partial charge is 0.309 e. The van der Waals surface area contributed by atoms with Gasteiger partial charge in [-0.1, -0.05) is 133 Å². The van der Waals surface area contributed by atoms with Crippen LogP contribution in [0.3, 0.4) is 0 Å². The van der Waals surface area contributed by atoms with Crippen LogP contribution >= 0.6 is 0 Å². The van der Waals surface area contributed by atoms with Crippen LogP contribution < -0.4 is 0 Å². The zero-order valence-electron chi connectivity index (χ0n) is 29.3. The molecule has 8 aromatic carbocycles. The Kier molecular flexibility index (Phi) is 6.82. The Balaban J connectivity index is 1.12. The highest BCUT2D eigenvalue weighted by Crippen LogP contribution is 2.40. The molecule has 0 radical (unpaired) electrons. The molecular weight excluding hydrogens is 657 g/mol. The molecule has 11 rings (SSSR count). The summed E-state index contributed by atoms with van der Waals surface area (Å²) in [5.41, 5.74) is 13.2. The molecule has 0 N–H and O–H groups in total. The molecule has 0 saturated heterocycles. The number of nitrogens with zero attached hydrogens (tertiary/aromatic N) is 4. The number of hydrogen-bond acceptors (Lipinski definition) is 2. The lowest BCUT2D eigenvalue weighted by Gasteiger charge is -2.13. The van der Waals surface area contributed by atoms with Crippen LogP contribution in [0, 0.1) is 0 Å². The van der Waals surface area contributed by atoms with E-state index >= 15 is 0 Å². The van der Waals surface area contributed by atoms with Crippen LogP contribution in [-0.2, 0) is 0 Å². The SMILES string of the molecule is c1ccc(-c2nc(-c3ccccc3)c3cc(-c4cccc(-n5c6ccccc6c6cc7c8ccccc8n(-c8ccccc8)c7cc65)c4)ccc3n2)cc1. The van der Waals surface area contributed by atoms with E-state index < -0.39 is 0 Å². The highest BCUT2D eigenvalue weighted by atomic mass is 15.0. The van der Waals surface area contributed by atoms with E-state index in [0.717, 1.165) is 56.0 Å². The van der Waals surface area contributed by atoms with Gasteiger partial charge in [-0.15, -0.1) is 0 Å². The summed E-state index contributed by atoms with van der Waals surface area (Å²) in [7, 11) is 0. The molecule has 0 fully saturated rings. The molecule has 0 spiro atoms. The van der Waals surface area contributed by atoms with Crippen molar-refractivity contribution in [1.29, 1.82) is 0 Å². The monoisotopic (exact) mass is 688 g/mol. The fourth-order valence-electron chi connectivity index (χ4n) is 8.23. The summed E-state index contributed by atoms with van der Waals surface area (Å²) in [4.78, 5) is 10.2. The zero-order valence-corrected chi connectivity index (χ0v) is 29.3. The predicted molar refractivity (Wildman–Crippen MR) is 225 cm³/mol. The van der Waals surface area contributed by atoms with Crippen LogP contribution in [0.2, 0.25) is 0 Å². The van der Waals surface area contributed by atoms with Crippen molar-refractivity contribution in [2.75, 3.05) is 0 Å². The smallest absolute Gasteiger partial charge is 0.160 e. The van der Waals surface area contributed by atoms with Crippen molar-refractivity contribution in [3.8, 4) is 45.1 Å². The molecule has 54 heavy (non-hydrogen) atoms. The molecule has 0 aliphatic carbocycles. The minimum Gasteiger partial charge on any atom is -0.309 e. The second-order valence-corrected chi connectivity index (χ2v) is 13.8. The summed E-state index contributed by atoms with van der Waals surface area (Å²) in [6.07, 6.45) is 0. The number of hydrogen-bond donors (Lipinski definition) is 0. The molecule has 0 bridgehead atoms. The molecule has 0 saturated carbocycles. The topological polar surface area (TPSA) is 35.6 Å². The number of fused-ring (bicyclic) bond motifs is 7. The van der Waals surface area contributed by atoms with Gasteiger partial charge in [0.05, 0.1) is 33.3 Å². The van der Waals surface area contributed by atoms with Crippen LogP contribution in [0.15, 0.2) is 194 Å². The minimum atomic E-state index is 0.725. The highest BCUT2D eigenvalue weighted by molar-refractivity contribution is 6.19. The van der Waals surface area contributed by atoms with Crippen molar-refractivity contribution in [2.24, 2.45) is 0 Å². The summed E-state index contributed by atoms with van der Waals surface area (Å²) in [5, 5.41) is 6.01. The maximum atomic E-state index is 5.15. The molecule has 0 aliphatic rings. The first kappa shape index (κ1) is 30.3. The normalized spacial score (nSPS) is 11.7. The Morgan fingerprint density at radius 3 is 1.52 bits per heavy atom. The molecule has 4 heteroatoms. The number of para-hydroxylation sites is 3. The van der Waals surface area contributed by atoms with Crippen LogP contribution in [0.25, 0.3) is 99.7 Å². The molecule has 11 aromatic rings. The van der Waals surface area contributed by atoms with Gasteiger partial charge in [-0.05, 0) is 71.8 Å². The van der Waals surface area contributed by atoms with Gasteiger partial charge >= 0.3 is 0 Å². The second kappa shape index (κ2) is 12.1. The lowest BCUT2D eigenvalue weighted by Crippen LogP contribution is -1.97. The highest BCUT2D eigenvalue weighted by Gasteiger charge is 2.19. The maximum absolute atomic E-state index is 5.15. The summed E-state index contributed by atoms with van der Waals surface area (Å²) < 4.78 is 4.82. The Morgan fingerprint density at radius 1 is 0.296 bits per heavy atom. The van der Waals surface area contributed by atoms with Gasteiger partial charge in [0.1, 0.15) is 0 Å². The van der Waals surface area contributed by atoms with Crippen molar-refractivity contribution < 1.29 is 0 Å². The van der Waals surface area contributed by atoms with Gasteiger partial charge in [0, 0.05) is 49.4 Å². The van der Waals surface area contributed by atoms with Gasteiger partial charge in [0.2, 0.25) is 0 Å². The minimum absolute atomic E-state index is 0.725. The van der Waals surface area contributed by atoms with Gasteiger partial charge in [-0.3, -0.25) is 0 Å². The fourth-order valence-corrected chi connectivity index (χ4v) is 8.23. The Bertz CT molecular complexity index is 3200. The van der Waals surface area contributed by atoms with Gasteiger partial charge in [-0.25, -0.2) is 9.97 Å². The molecule has 0 amide bonds. The zero-order chi connectivity index (χ0) is 35.6. The third-order valence-electron chi connectivity index (χ3n) is 10.7. The van der Waals surface area contributed by atoms with Gasteiger partial charge in [0.25, 0.3) is 0 Å². The summed E-state index contributed by atoms with van der Waals surface area (Å²) >= 11 is 0. The van der Waals surface area contributed by atoms with Crippen LogP contribution in [-0.4, -0.2) is 19.1 Å². The maximum Gasteiger partial charge on any atom is 0.160 e. The van der Waals surface area contributed by atoms with E-state index in [1.54, 1.807) is 0 Å². The third kappa shape index (κ3) is 4.78. The number of benzene rings is 8. The molecule has 0 aliphatic heterocycles. The Morgan fingerprint density at radius 2 is 0.833 bits per heavy atom. The van der Waals surface area contributed by atoms with Crippen molar-refractivity contribution in [3.63, 3.8) is 0 Å². The molecule has 3 aromatic heterocycles. The van der Waals surface area contributed by atoms with Crippen LogP contribution in [0.1, 0.15) is 0 Å². The lowest BCUT2D eigenvalue weighted by molar-refractivity contribution is 1.16. The standard InChI is InChI=1S/C50H32N4/c1-4-15-33(16-5-1)49-43-30-36(27-28-44(43)51-50(52-49)34-17-6-2-7-18-34)35-19-14-22-38(29-35)54-46-26-13-11-24-40(46)42-31-41-39-23-10-12-25-45(39)53(47(41)32-48(42)54)37-20-8-3-9-21-37/h1-32H. The first-order chi connectivity index (χ1) is 26.8. The van der Waals surface area contributed by atoms with E-state index in [1.165, 1.54) is 43.6 Å². The molecule has 0 unspecified atom stereocenters. The van der Waals surface area contributed by atoms with Crippen molar-refractivity contribution in [1.82, 2.24) is 19.1 Å². The van der Waals surface area contributed by atoms with E-state index in [-0.39, 0.29) is 0 Å². The van der Waals surface area contributed by atoms with E-state index in [4.69, 9.17) is 9.97 Å². The fraction of sp³-hybridized carbons (Fsp3) is 0. The van der Waals surface area contributed by atoms with Crippen molar-refractivity contribution in [2.45, 2.75) is 0 Å². The summed E-state index contributed by atoms with van der Waals surface area (Å²) in [6, 6.07) is 69.1. The summed E-state index contributed by atoms with van der Waals surface area (Å²) in [5.74, 6) is 0.725. The molecule has 4 nitrogen and oxygen atoms in total. The first-order valence-electron chi connectivity index (χ1n) is 18.3. The second-order valence-electron chi connectivity index (χ2n) is 13.8. The molecule has 0 atom stereocenters. The van der Waals surface area contributed by atoms with Crippen molar-refractivity contribution in [3.05, 3.63) is 194 Å². The van der Waals surface area contributed by atoms with Crippen LogP contribution in [0.4, 0.5) is 0 Å². The summed E-state index contributed by atoms with van der Waals surface area (Å²) in [6.45, 7) is 0. The average Bonchev–Trinajstić information content (AvgIpc) is 3.75. The van der Waals surface area contributed by atoms with E-state index in [9.17, 15) is 0 Å². The number of rotatable bonds is 5. The van der Waals surface area contributed by atoms with Gasteiger partial charge in [0.15, 0.2) is 5.82 Å². The van der Waals surface area contributed by atoms with Gasteiger partial charge in [-0.2, -0.15) is 0 Å². The van der Waals surface area contributed by atoms with E-state index in [0.29, 0.717) is 0 Å². The third-order valence-corrected chi connectivity index (χ3v) is 10.7. The van der Waals surface area contributed by atoms with Crippen molar-refractivity contribution >= 4 is 54.5 Å². The Hall–Kier alpha value is -7.30. The average molecular weight is 689 g/mol. The van der Waals surface area contributed by atoms with Crippen LogP contribution in [0.5, 0.6) is 0 Å². The van der Waals surface area contributed by atoms with E-state index in [2.05, 4.69) is 179 Å². The molecular formula is C50H32N4. The molecule has 252 valence electrons. The predicted octanol–water partition coefficient (Wildman–Crippen LogP) is 12.8. The van der Waals surface area contributed by atoms with E-state index in [1.807, 2.05) is 24.3 Å². The first-order valence-corrected chi connectivity index (χ1v) is 18.3. The molecule has 3 heterocycles. The van der Waals surface area contributed by atoms with Gasteiger partial charge < -0.3 is 9.13 Å². The lowest BCUT2D eigenvalue weighted by atomic mass is 9.99.